The maximum Gasteiger partial charge on any atom is 0.131 e. The quantitative estimate of drug-likeness (QED) is 0.482. The van der Waals surface area contributed by atoms with Crippen LogP contribution in [0, 0.1) is 0 Å². The molecule has 0 atom stereocenters. The summed E-state index contributed by atoms with van der Waals surface area (Å²) in [5, 5.41) is 11.7. The predicted octanol–water partition coefficient (Wildman–Crippen LogP) is 1.52. The van der Waals surface area contributed by atoms with Gasteiger partial charge in [0, 0.05) is 12.8 Å². The van der Waals surface area contributed by atoms with E-state index in [1.807, 2.05) is 12.3 Å². The minimum absolute atomic E-state index is 0.0940. The van der Waals surface area contributed by atoms with Gasteiger partial charge in [0.25, 0.3) is 0 Å². The van der Waals surface area contributed by atoms with Crippen LogP contribution in [0.1, 0.15) is 0 Å². The van der Waals surface area contributed by atoms with Crippen LogP contribution in [-0.2, 0) is 0 Å². The SMILES string of the molecule is C=C(O)/C(=C/CSC)NC. The van der Waals surface area contributed by atoms with Gasteiger partial charge in [-0.3, -0.25) is 0 Å². The number of aliphatic hydroxyl groups is 1. The van der Waals surface area contributed by atoms with Crippen molar-refractivity contribution in [3.8, 4) is 0 Å². The first kappa shape index (κ1) is 9.43. The van der Waals surface area contributed by atoms with E-state index in [0.717, 1.165) is 5.75 Å². The van der Waals surface area contributed by atoms with Crippen LogP contribution in [0.2, 0.25) is 0 Å². The van der Waals surface area contributed by atoms with E-state index in [0.29, 0.717) is 5.70 Å². The van der Waals surface area contributed by atoms with Gasteiger partial charge in [0.2, 0.25) is 0 Å². The van der Waals surface area contributed by atoms with Gasteiger partial charge in [0.05, 0.1) is 5.70 Å². The fourth-order valence-corrected chi connectivity index (χ4v) is 0.864. The molecule has 2 nitrogen and oxygen atoms in total. The fraction of sp³-hybridized carbons (Fsp3) is 0.429. The van der Waals surface area contributed by atoms with Crippen LogP contribution in [0.5, 0.6) is 0 Å². The van der Waals surface area contributed by atoms with E-state index in [-0.39, 0.29) is 5.76 Å². The van der Waals surface area contributed by atoms with Gasteiger partial charge in [-0.05, 0) is 12.3 Å². The molecule has 0 heterocycles. The van der Waals surface area contributed by atoms with Gasteiger partial charge >= 0.3 is 0 Å². The van der Waals surface area contributed by atoms with Crippen molar-refractivity contribution in [2.45, 2.75) is 0 Å². The number of rotatable bonds is 4. The first-order valence-electron chi connectivity index (χ1n) is 2.97. The second kappa shape index (κ2) is 5.23. The zero-order valence-corrected chi connectivity index (χ0v) is 7.16. The molecule has 0 aromatic rings. The third kappa shape index (κ3) is 3.45. The first-order chi connectivity index (χ1) is 4.72. The summed E-state index contributed by atoms with van der Waals surface area (Å²) in [6.45, 7) is 3.39. The van der Waals surface area contributed by atoms with Gasteiger partial charge in [0.1, 0.15) is 5.76 Å². The molecule has 2 N–H and O–H groups in total. The first-order valence-corrected chi connectivity index (χ1v) is 4.36. The van der Waals surface area contributed by atoms with Crippen molar-refractivity contribution in [2.24, 2.45) is 0 Å². The minimum atomic E-state index is 0.0940. The van der Waals surface area contributed by atoms with Crippen LogP contribution in [0.3, 0.4) is 0 Å². The monoisotopic (exact) mass is 159 g/mol. The van der Waals surface area contributed by atoms with E-state index in [9.17, 15) is 0 Å². The molecule has 0 amide bonds. The molecule has 0 aromatic heterocycles. The lowest BCUT2D eigenvalue weighted by Gasteiger charge is -2.02. The molecular weight excluding hydrogens is 146 g/mol. The number of aliphatic hydroxyl groups excluding tert-OH is 1. The van der Waals surface area contributed by atoms with Crippen LogP contribution in [0.25, 0.3) is 0 Å². The van der Waals surface area contributed by atoms with E-state index in [1.54, 1.807) is 18.8 Å². The van der Waals surface area contributed by atoms with Crippen LogP contribution < -0.4 is 5.32 Å². The summed E-state index contributed by atoms with van der Waals surface area (Å²) in [7, 11) is 1.76. The van der Waals surface area contributed by atoms with Crippen LogP contribution in [0.4, 0.5) is 0 Å². The molecule has 58 valence electrons. The van der Waals surface area contributed by atoms with Gasteiger partial charge in [-0.15, -0.1) is 0 Å². The molecule has 0 aliphatic carbocycles. The molecule has 0 aromatic carbocycles. The van der Waals surface area contributed by atoms with Crippen molar-refractivity contribution in [3.63, 3.8) is 0 Å². The third-order valence-electron chi connectivity index (χ3n) is 1.03. The fourth-order valence-electron chi connectivity index (χ4n) is 0.531. The van der Waals surface area contributed by atoms with Gasteiger partial charge in [-0.25, -0.2) is 0 Å². The Labute approximate surface area is 66.0 Å². The Kier molecular flexibility index (Phi) is 4.94. The zero-order chi connectivity index (χ0) is 7.98. The molecule has 0 bridgehead atoms. The Hall–Kier alpha value is -0.570. The molecule has 3 heteroatoms. The number of hydrogen-bond donors (Lipinski definition) is 2. The molecule has 0 fully saturated rings. The van der Waals surface area contributed by atoms with E-state index >= 15 is 0 Å². The normalized spacial score (nSPS) is 11.2. The molecule has 0 saturated carbocycles. The van der Waals surface area contributed by atoms with Gasteiger partial charge in [-0.1, -0.05) is 6.58 Å². The molecule has 0 aliphatic rings. The van der Waals surface area contributed by atoms with Gasteiger partial charge in [-0.2, -0.15) is 11.8 Å². The highest BCUT2D eigenvalue weighted by atomic mass is 32.2. The zero-order valence-electron chi connectivity index (χ0n) is 6.35. The van der Waals surface area contributed by atoms with Crippen LogP contribution >= 0.6 is 11.8 Å². The molecule has 0 aliphatic heterocycles. The molecule has 0 rings (SSSR count). The predicted molar refractivity (Wildman–Crippen MR) is 47.3 cm³/mol. The van der Waals surface area contributed by atoms with E-state index in [2.05, 4.69) is 11.9 Å². The standard InChI is InChI=1S/C7H13NOS/c1-6(9)7(8-2)4-5-10-3/h4,8-9H,1,5H2,2-3H3/b7-4-. The topological polar surface area (TPSA) is 32.3 Å². The molecule has 10 heavy (non-hydrogen) atoms. The van der Waals surface area contributed by atoms with Gasteiger partial charge < -0.3 is 10.4 Å². The van der Waals surface area contributed by atoms with Crippen molar-refractivity contribution in [1.29, 1.82) is 0 Å². The second-order valence-electron chi connectivity index (χ2n) is 1.77. The number of hydrogen-bond acceptors (Lipinski definition) is 3. The average molecular weight is 159 g/mol. The van der Waals surface area contributed by atoms with E-state index in [4.69, 9.17) is 5.11 Å². The summed E-state index contributed by atoms with van der Waals surface area (Å²) in [5.41, 5.74) is 0.703. The Bertz CT molecular complexity index is 143. The van der Waals surface area contributed by atoms with E-state index < -0.39 is 0 Å². The lowest BCUT2D eigenvalue weighted by atomic mass is 10.4. The van der Waals surface area contributed by atoms with Crippen LogP contribution in [0.15, 0.2) is 24.1 Å². The number of thioether (sulfide) groups is 1. The largest absolute Gasteiger partial charge is 0.506 e. The highest BCUT2D eigenvalue weighted by Crippen LogP contribution is 2.01. The highest BCUT2D eigenvalue weighted by Gasteiger charge is 1.93. The van der Waals surface area contributed by atoms with Crippen molar-refractivity contribution in [1.82, 2.24) is 5.32 Å². The Morgan fingerprint density at radius 2 is 2.40 bits per heavy atom. The van der Waals surface area contributed by atoms with Crippen molar-refractivity contribution >= 4 is 11.8 Å². The summed E-state index contributed by atoms with van der Waals surface area (Å²) in [6.07, 6.45) is 3.90. The molecular formula is C7H13NOS. The van der Waals surface area contributed by atoms with Crippen molar-refractivity contribution in [3.05, 3.63) is 24.1 Å². The molecule has 0 unspecified atom stereocenters. The van der Waals surface area contributed by atoms with Crippen molar-refractivity contribution in [2.75, 3.05) is 19.1 Å². The Balaban J connectivity index is 3.91. The molecule has 0 saturated heterocycles. The third-order valence-corrected chi connectivity index (χ3v) is 1.53. The number of likely N-dealkylation sites (N-methyl/N-ethyl adjacent to an activating group) is 1. The lowest BCUT2D eigenvalue weighted by molar-refractivity contribution is 0.419. The number of nitrogens with one attached hydrogen (secondary N) is 1. The van der Waals surface area contributed by atoms with Crippen LogP contribution in [-0.4, -0.2) is 24.2 Å². The summed E-state index contributed by atoms with van der Waals surface area (Å²) < 4.78 is 0. The summed E-state index contributed by atoms with van der Waals surface area (Å²) in [6, 6.07) is 0. The highest BCUT2D eigenvalue weighted by molar-refractivity contribution is 7.98. The second-order valence-corrected chi connectivity index (χ2v) is 2.68. The van der Waals surface area contributed by atoms with Gasteiger partial charge in [0.15, 0.2) is 0 Å². The minimum Gasteiger partial charge on any atom is -0.506 e. The summed E-state index contributed by atoms with van der Waals surface area (Å²) in [5.74, 6) is 0.979. The average Bonchev–Trinajstić information content (AvgIpc) is 1.89. The summed E-state index contributed by atoms with van der Waals surface area (Å²) >= 11 is 1.69. The molecule has 0 radical (unpaired) electrons. The summed E-state index contributed by atoms with van der Waals surface area (Å²) in [4.78, 5) is 0. The maximum absolute atomic E-state index is 8.90. The maximum atomic E-state index is 8.90. The van der Waals surface area contributed by atoms with E-state index in [1.165, 1.54) is 0 Å². The lowest BCUT2D eigenvalue weighted by Crippen LogP contribution is -2.07. The Morgan fingerprint density at radius 3 is 2.70 bits per heavy atom. The van der Waals surface area contributed by atoms with Crippen molar-refractivity contribution < 1.29 is 5.11 Å². The molecule has 0 spiro atoms. The smallest absolute Gasteiger partial charge is 0.131 e. The Morgan fingerprint density at radius 1 is 1.80 bits per heavy atom.